The molecule has 6 rings (SSSR count). The van der Waals surface area contributed by atoms with Crippen molar-refractivity contribution < 1.29 is 23.8 Å². The number of amides is 1. The lowest BCUT2D eigenvalue weighted by Gasteiger charge is -2.23. The van der Waals surface area contributed by atoms with Gasteiger partial charge in [-0.2, -0.15) is 0 Å². The molecule has 36 heavy (non-hydrogen) atoms. The number of hydrogen-bond donors (Lipinski definition) is 1. The van der Waals surface area contributed by atoms with E-state index in [1.54, 1.807) is 42.5 Å². The van der Waals surface area contributed by atoms with Crippen LogP contribution in [0.2, 0.25) is 0 Å². The molecule has 2 atom stereocenters. The first-order valence-electron chi connectivity index (χ1n) is 11.2. The van der Waals surface area contributed by atoms with Crippen molar-refractivity contribution in [1.82, 2.24) is 4.98 Å². The monoisotopic (exact) mass is 564 g/mol. The minimum atomic E-state index is -0.910. The molecule has 0 saturated carbocycles. The number of Topliss-reactive ketones (excluding diaryl/α,β-unsaturated/α-hetero) is 1. The van der Waals surface area contributed by atoms with Crippen molar-refractivity contribution in [2.45, 2.75) is 25.5 Å². The Balaban J connectivity index is 1.53. The number of ketones is 1. The van der Waals surface area contributed by atoms with Crippen molar-refractivity contribution >= 4 is 60.1 Å². The summed E-state index contributed by atoms with van der Waals surface area (Å²) in [6.07, 6.45) is 0.707. The zero-order valence-electron chi connectivity index (χ0n) is 18.9. The second kappa shape index (κ2) is 8.53. The van der Waals surface area contributed by atoms with Gasteiger partial charge in [-0.05, 0) is 66.6 Å². The summed E-state index contributed by atoms with van der Waals surface area (Å²) in [5.74, 6) is -1.55. The highest BCUT2D eigenvalue weighted by atomic mass is 79.9. The number of aliphatic hydroxyl groups excluding tert-OH is 1. The number of aliphatic hydroxyl groups is 1. The van der Waals surface area contributed by atoms with Gasteiger partial charge in [0, 0.05) is 16.5 Å². The topological polar surface area (TPSA) is 79.7 Å². The molecule has 1 saturated heterocycles. The number of ether oxygens (including phenoxy) is 1. The van der Waals surface area contributed by atoms with E-state index in [2.05, 4.69) is 20.9 Å². The van der Waals surface area contributed by atoms with Crippen molar-refractivity contribution in [2.75, 3.05) is 4.90 Å². The van der Waals surface area contributed by atoms with E-state index in [1.165, 1.54) is 23.1 Å². The highest BCUT2D eigenvalue weighted by molar-refractivity contribution is 9.10. The van der Waals surface area contributed by atoms with Gasteiger partial charge >= 0.3 is 5.91 Å². The fraction of sp³-hybridized carbons (Fsp3) is 0.148. The molecule has 180 valence electrons. The molecule has 2 aliphatic rings. The normalized spacial score (nSPS) is 20.7. The maximum atomic E-state index is 13.8. The van der Waals surface area contributed by atoms with E-state index in [0.717, 1.165) is 27.1 Å². The van der Waals surface area contributed by atoms with Gasteiger partial charge in [-0.3, -0.25) is 14.5 Å². The van der Waals surface area contributed by atoms with Crippen LogP contribution in [-0.4, -0.2) is 27.9 Å². The number of halogens is 2. The Morgan fingerprint density at radius 2 is 1.92 bits per heavy atom. The summed E-state index contributed by atoms with van der Waals surface area (Å²) < 4.78 is 20.9. The molecule has 2 aliphatic heterocycles. The first-order chi connectivity index (χ1) is 17.3. The summed E-state index contributed by atoms with van der Waals surface area (Å²) >= 11 is 4.53. The third kappa shape index (κ3) is 3.70. The van der Waals surface area contributed by atoms with Crippen LogP contribution < -0.4 is 9.64 Å². The van der Waals surface area contributed by atoms with Gasteiger partial charge in [0.2, 0.25) is 0 Å². The van der Waals surface area contributed by atoms with E-state index in [-0.39, 0.29) is 22.6 Å². The number of fused-ring (bicyclic) bond motifs is 2. The number of carbonyl (C=O) groups excluding carboxylic acids is 2. The Morgan fingerprint density at radius 1 is 1.14 bits per heavy atom. The predicted octanol–water partition coefficient (Wildman–Crippen LogP) is 6.15. The van der Waals surface area contributed by atoms with Crippen LogP contribution in [0.25, 0.3) is 16.0 Å². The second-order valence-electron chi connectivity index (χ2n) is 8.78. The maximum absolute atomic E-state index is 13.8. The predicted molar refractivity (Wildman–Crippen MR) is 139 cm³/mol. The summed E-state index contributed by atoms with van der Waals surface area (Å²) in [5.41, 5.74) is 2.47. The second-order valence-corrected chi connectivity index (χ2v) is 10.7. The molecule has 0 aliphatic carbocycles. The van der Waals surface area contributed by atoms with Crippen LogP contribution in [0, 0.1) is 5.82 Å². The van der Waals surface area contributed by atoms with Gasteiger partial charge < -0.3 is 9.84 Å². The number of thiazole rings is 1. The maximum Gasteiger partial charge on any atom is 0.301 e. The molecule has 1 N–H and O–H groups in total. The van der Waals surface area contributed by atoms with Crippen LogP contribution in [0.5, 0.6) is 5.75 Å². The SMILES string of the molecule is CC1Cc2cc(C(O)=C3C(=O)C(=O)N(c4nc5ccc(F)cc5s4)C3c3ccc(Br)cc3)ccc2O1. The summed E-state index contributed by atoms with van der Waals surface area (Å²) in [5, 5.41) is 11.6. The molecule has 3 heterocycles. The summed E-state index contributed by atoms with van der Waals surface area (Å²) in [6, 6.07) is 15.7. The Labute approximate surface area is 217 Å². The Kier molecular flexibility index (Phi) is 5.42. The summed E-state index contributed by atoms with van der Waals surface area (Å²) in [6.45, 7) is 1.96. The van der Waals surface area contributed by atoms with Crippen LogP contribution in [-0.2, 0) is 16.0 Å². The zero-order chi connectivity index (χ0) is 25.1. The largest absolute Gasteiger partial charge is 0.507 e. The Hall–Kier alpha value is -3.56. The quantitative estimate of drug-likeness (QED) is 0.183. The molecule has 0 spiro atoms. The van der Waals surface area contributed by atoms with Gasteiger partial charge in [0.25, 0.3) is 5.78 Å². The number of anilines is 1. The van der Waals surface area contributed by atoms with E-state index < -0.39 is 23.5 Å². The molecule has 3 aromatic carbocycles. The van der Waals surface area contributed by atoms with Crippen LogP contribution in [0.3, 0.4) is 0 Å². The number of rotatable bonds is 3. The average molecular weight is 565 g/mol. The van der Waals surface area contributed by atoms with Gasteiger partial charge in [0.1, 0.15) is 23.4 Å². The first-order valence-corrected chi connectivity index (χ1v) is 12.8. The lowest BCUT2D eigenvalue weighted by Crippen LogP contribution is -2.29. The van der Waals surface area contributed by atoms with Crippen LogP contribution in [0.4, 0.5) is 9.52 Å². The first kappa shape index (κ1) is 22.9. The van der Waals surface area contributed by atoms with E-state index in [0.29, 0.717) is 27.8 Å². The number of carbonyl (C=O) groups is 2. The zero-order valence-corrected chi connectivity index (χ0v) is 21.3. The summed E-state index contributed by atoms with van der Waals surface area (Å²) in [7, 11) is 0. The molecular weight excluding hydrogens is 547 g/mol. The van der Waals surface area contributed by atoms with E-state index in [1.807, 2.05) is 6.92 Å². The van der Waals surface area contributed by atoms with Crippen molar-refractivity contribution in [3.05, 3.63) is 93.2 Å². The average Bonchev–Trinajstić information content (AvgIpc) is 3.51. The van der Waals surface area contributed by atoms with Crippen molar-refractivity contribution in [1.29, 1.82) is 0 Å². The minimum Gasteiger partial charge on any atom is -0.507 e. The molecule has 9 heteroatoms. The fourth-order valence-corrected chi connectivity index (χ4v) is 5.99. The van der Waals surface area contributed by atoms with Crippen LogP contribution >= 0.6 is 27.3 Å². The smallest absolute Gasteiger partial charge is 0.301 e. The van der Waals surface area contributed by atoms with Gasteiger partial charge in [-0.1, -0.05) is 39.4 Å². The number of benzene rings is 3. The molecular formula is C27H18BrFN2O4S. The van der Waals surface area contributed by atoms with Gasteiger partial charge in [0.05, 0.1) is 21.8 Å². The lowest BCUT2D eigenvalue weighted by atomic mass is 9.94. The van der Waals surface area contributed by atoms with Crippen LogP contribution in [0.1, 0.15) is 29.7 Å². The van der Waals surface area contributed by atoms with Gasteiger partial charge in [-0.15, -0.1) is 0 Å². The molecule has 0 bridgehead atoms. The number of aromatic nitrogens is 1. The van der Waals surface area contributed by atoms with Gasteiger partial charge in [0.15, 0.2) is 5.13 Å². The van der Waals surface area contributed by atoms with E-state index in [9.17, 15) is 19.1 Å². The van der Waals surface area contributed by atoms with Crippen molar-refractivity contribution in [2.24, 2.45) is 0 Å². The molecule has 1 amide bonds. The minimum absolute atomic E-state index is 0.0228. The molecule has 6 nitrogen and oxygen atoms in total. The molecule has 4 aromatic rings. The third-order valence-electron chi connectivity index (χ3n) is 6.34. The highest BCUT2D eigenvalue weighted by Crippen LogP contribution is 2.45. The molecule has 1 aromatic heterocycles. The highest BCUT2D eigenvalue weighted by Gasteiger charge is 2.48. The van der Waals surface area contributed by atoms with E-state index in [4.69, 9.17) is 4.74 Å². The lowest BCUT2D eigenvalue weighted by molar-refractivity contribution is -0.132. The number of hydrogen-bond acceptors (Lipinski definition) is 6. The molecule has 2 unspecified atom stereocenters. The number of nitrogens with zero attached hydrogens (tertiary/aromatic N) is 2. The van der Waals surface area contributed by atoms with Gasteiger partial charge in [-0.25, -0.2) is 9.37 Å². The van der Waals surface area contributed by atoms with Crippen molar-refractivity contribution in [3.63, 3.8) is 0 Å². The third-order valence-corrected chi connectivity index (χ3v) is 7.89. The Bertz CT molecular complexity index is 1600. The van der Waals surface area contributed by atoms with Crippen LogP contribution in [0.15, 0.2) is 70.7 Å². The molecule has 0 radical (unpaired) electrons. The van der Waals surface area contributed by atoms with Crippen molar-refractivity contribution in [3.8, 4) is 5.75 Å². The van der Waals surface area contributed by atoms with E-state index >= 15 is 0 Å². The summed E-state index contributed by atoms with van der Waals surface area (Å²) in [4.78, 5) is 32.6. The Morgan fingerprint density at radius 3 is 2.69 bits per heavy atom. The fourth-order valence-electron chi connectivity index (χ4n) is 4.70. The molecule has 1 fully saturated rings. The standard InChI is InChI=1S/C27H18BrFN2O4S/c1-13-10-16-11-15(4-9-20(16)35-13)24(32)22-23(14-2-5-17(28)6-3-14)31(26(34)25(22)33)27-30-19-8-7-18(29)12-21(19)36-27/h2-9,11-13,23,32H,10H2,1H3.